The number of phenols is 1. The highest BCUT2D eigenvalue weighted by Gasteiger charge is 2.46. The molecule has 4 aliphatic rings. The standard InChI is InChI=1S/C24H31N3O2/c1-4-12-27-20-14-21(27)16-26(15-20)23(19-6-5-7-22(28)13-19)17-8-10-18(11-9-17)24(29)25(2)3/h4-8,10-11,13,17,20-21,23,28H,1,9,12,14-16H2,2-3H3. The normalized spacial score (nSPS) is 27.7. The van der Waals surface area contributed by atoms with Gasteiger partial charge in [0.15, 0.2) is 0 Å². The van der Waals surface area contributed by atoms with E-state index in [4.69, 9.17) is 0 Å². The summed E-state index contributed by atoms with van der Waals surface area (Å²) < 4.78 is 0. The van der Waals surface area contributed by atoms with E-state index in [1.165, 1.54) is 6.42 Å². The van der Waals surface area contributed by atoms with Crippen LogP contribution in [0.15, 0.2) is 60.7 Å². The Bertz CT molecular complexity index is 832. The quantitative estimate of drug-likeness (QED) is 0.755. The van der Waals surface area contributed by atoms with E-state index in [1.54, 1.807) is 25.1 Å². The van der Waals surface area contributed by atoms with E-state index in [-0.39, 0.29) is 17.9 Å². The first-order chi connectivity index (χ1) is 14.0. The van der Waals surface area contributed by atoms with E-state index in [0.717, 1.165) is 37.2 Å². The second-order valence-electron chi connectivity index (χ2n) is 8.64. The van der Waals surface area contributed by atoms with Crippen LogP contribution < -0.4 is 0 Å². The van der Waals surface area contributed by atoms with Gasteiger partial charge in [0.1, 0.15) is 5.75 Å². The fraction of sp³-hybridized carbons (Fsp3) is 0.458. The molecule has 3 fully saturated rings. The van der Waals surface area contributed by atoms with E-state index < -0.39 is 0 Å². The molecule has 1 aromatic carbocycles. The molecule has 3 saturated heterocycles. The van der Waals surface area contributed by atoms with Gasteiger partial charge in [0.05, 0.1) is 0 Å². The van der Waals surface area contributed by atoms with Crippen LogP contribution in [0.5, 0.6) is 5.75 Å². The highest BCUT2D eigenvalue weighted by molar-refractivity contribution is 5.96. The molecule has 2 bridgehead atoms. The van der Waals surface area contributed by atoms with Gasteiger partial charge in [-0.2, -0.15) is 0 Å². The average molecular weight is 394 g/mol. The molecule has 5 rings (SSSR count). The van der Waals surface area contributed by atoms with E-state index in [0.29, 0.717) is 17.8 Å². The Morgan fingerprint density at radius 2 is 2.10 bits per heavy atom. The molecule has 4 atom stereocenters. The van der Waals surface area contributed by atoms with Crippen LogP contribution in [0, 0.1) is 5.92 Å². The van der Waals surface area contributed by atoms with Gasteiger partial charge >= 0.3 is 0 Å². The van der Waals surface area contributed by atoms with Crippen molar-refractivity contribution in [2.75, 3.05) is 33.7 Å². The third kappa shape index (κ3) is 3.89. The van der Waals surface area contributed by atoms with Crippen molar-refractivity contribution in [3.05, 3.63) is 66.3 Å². The van der Waals surface area contributed by atoms with Crippen molar-refractivity contribution >= 4 is 5.91 Å². The van der Waals surface area contributed by atoms with Crippen molar-refractivity contribution in [1.82, 2.24) is 14.7 Å². The van der Waals surface area contributed by atoms with E-state index in [1.807, 2.05) is 24.3 Å². The number of carbonyl (C=O) groups excluding carboxylic acids is 1. The molecule has 0 aromatic heterocycles. The van der Waals surface area contributed by atoms with Gasteiger partial charge in [0.25, 0.3) is 5.91 Å². The van der Waals surface area contributed by atoms with Gasteiger partial charge < -0.3 is 10.0 Å². The minimum atomic E-state index is 0.0490. The highest BCUT2D eigenvalue weighted by atomic mass is 16.3. The van der Waals surface area contributed by atoms with Gasteiger partial charge in [0, 0.05) is 63.3 Å². The van der Waals surface area contributed by atoms with Crippen molar-refractivity contribution < 1.29 is 9.90 Å². The van der Waals surface area contributed by atoms with Gasteiger partial charge in [-0.25, -0.2) is 0 Å². The number of piperidine rings is 1. The monoisotopic (exact) mass is 393 g/mol. The zero-order chi connectivity index (χ0) is 20.5. The van der Waals surface area contributed by atoms with E-state index >= 15 is 0 Å². The number of piperazine rings is 1. The molecule has 3 aliphatic heterocycles. The summed E-state index contributed by atoms with van der Waals surface area (Å²) >= 11 is 0. The Morgan fingerprint density at radius 1 is 1.34 bits per heavy atom. The zero-order valence-electron chi connectivity index (χ0n) is 17.4. The van der Waals surface area contributed by atoms with Crippen LogP contribution in [-0.4, -0.2) is 71.5 Å². The first-order valence-corrected chi connectivity index (χ1v) is 10.5. The third-order valence-corrected chi connectivity index (χ3v) is 6.51. The van der Waals surface area contributed by atoms with Crippen molar-refractivity contribution in [3.8, 4) is 5.75 Å². The lowest BCUT2D eigenvalue weighted by Gasteiger charge is -2.58. The average Bonchev–Trinajstić information content (AvgIpc) is 2.72. The lowest BCUT2D eigenvalue weighted by Crippen LogP contribution is -2.69. The Hall–Kier alpha value is -2.37. The molecular weight excluding hydrogens is 362 g/mol. The molecule has 1 aliphatic carbocycles. The third-order valence-electron chi connectivity index (χ3n) is 6.51. The maximum Gasteiger partial charge on any atom is 0.252 e. The summed E-state index contributed by atoms with van der Waals surface area (Å²) in [6, 6.07) is 9.03. The summed E-state index contributed by atoms with van der Waals surface area (Å²) in [7, 11) is 3.57. The number of allylic oxidation sites excluding steroid dienone is 1. The molecule has 3 heterocycles. The Labute approximate surface area is 173 Å². The predicted molar refractivity (Wildman–Crippen MR) is 116 cm³/mol. The van der Waals surface area contributed by atoms with Crippen molar-refractivity contribution in [1.29, 1.82) is 0 Å². The van der Waals surface area contributed by atoms with Gasteiger partial charge in [-0.05, 0) is 30.5 Å². The summed E-state index contributed by atoms with van der Waals surface area (Å²) in [6.45, 7) is 6.92. The minimum Gasteiger partial charge on any atom is -0.508 e. The van der Waals surface area contributed by atoms with Crippen LogP contribution >= 0.6 is 0 Å². The Morgan fingerprint density at radius 3 is 2.69 bits per heavy atom. The van der Waals surface area contributed by atoms with Crippen LogP contribution in [0.1, 0.15) is 24.4 Å². The van der Waals surface area contributed by atoms with Gasteiger partial charge in [-0.15, -0.1) is 6.58 Å². The summed E-state index contributed by atoms with van der Waals surface area (Å²) in [5, 5.41) is 10.1. The number of aromatic hydroxyl groups is 1. The largest absolute Gasteiger partial charge is 0.508 e. The maximum atomic E-state index is 12.3. The smallest absolute Gasteiger partial charge is 0.252 e. The first-order valence-electron chi connectivity index (χ1n) is 10.5. The molecule has 0 radical (unpaired) electrons. The number of phenolic OH excluding ortho intramolecular Hbond substituents is 1. The molecule has 1 N–H and O–H groups in total. The van der Waals surface area contributed by atoms with Crippen molar-refractivity contribution in [2.24, 2.45) is 5.92 Å². The molecule has 154 valence electrons. The van der Waals surface area contributed by atoms with Gasteiger partial charge in [0.2, 0.25) is 0 Å². The number of amides is 1. The maximum absolute atomic E-state index is 12.3. The van der Waals surface area contributed by atoms with E-state index in [2.05, 4.69) is 34.6 Å². The molecule has 1 amide bonds. The molecule has 0 spiro atoms. The van der Waals surface area contributed by atoms with Crippen molar-refractivity contribution in [2.45, 2.75) is 31.0 Å². The van der Waals surface area contributed by atoms with Crippen LogP contribution in [-0.2, 0) is 4.79 Å². The molecular formula is C24H31N3O2. The summed E-state index contributed by atoms with van der Waals surface area (Å²) in [5.74, 6) is 0.635. The Balaban J connectivity index is 1.56. The second kappa shape index (κ2) is 8.17. The molecule has 1 aromatic rings. The second-order valence-corrected chi connectivity index (χ2v) is 8.64. The predicted octanol–water partition coefficient (Wildman–Crippen LogP) is 2.97. The molecule has 29 heavy (non-hydrogen) atoms. The number of likely N-dealkylation sites (N-methyl/N-ethyl adjacent to an activating group) is 1. The highest BCUT2D eigenvalue weighted by Crippen LogP contribution is 2.41. The number of fused-ring (bicyclic) bond motifs is 2. The van der Waals surface area contributed by atoms with Gasteiger partial charge in [-0.3, -0.25) is 14.6 Å². The topological polar surface area (TPSA) is 47.0 Å². The lowest BCUT2D eigenvalue weighted by atomic mass is 9.80. The SMILES string of the molecule is C=CCN1C2CC1CN(C(c1cccc(O)c1)C1C=CC(C(=O)N(C)C)=CC1)C2. The molecule has 5 heteroatoms. The fourth-order valence-corrected chi connectivity index (χ4v) is 5.12. The van der Waals surface area contributed by atoms with Gasteiger partial charge in [-0.1, -0.05) is 36.4 Å². The number of nitrogens with zero attached hydrogens (tertiary/aromatic N) is 3. The molecule has 5 nitrogen and oxygen atoms in total. The first kappa shape index (κ1) is 19.9. The van der Waals surface area contributed by atoms with E-state index in [9.17, 15) is 9.90 Å². The summed E-state index contributed by atoms with van der Waals surface area (Å²) in [6.07, 6.45) is 10.3. The fourth-order valence-electron chi connectivity index (χ4n) is 5.12. The van der Waals surface area contributed by atoms with Crippen molar-refractivity contribution in [3.63, 3.8) is 0 Å². The lowest BCUT2D eigenvalue weighted by molar-refractivity contribution is -0.124. The van der Waals surface area contributed by atoms with Crippen LogP contribution in [0.3, 0.4) is 0 Å². The minimum absolute atomic E-state index is 0.0490. The number of hydrogen-bond acceptors (Lipinski definition) is 4. The summed E-state index contributed by atoms with van der Waals surface area (Å²) in [5.41, 5.74) is 1.91. The number of rotatable bonds is 6. The molecule has 4 unspecified atom stereocenters. The van der Waals surface area contributed by atoms with Crippen LogP contribution in [0.25, 0.3) is 0 Å². The van der Waals surface area contributed by atoms with Crippen LogP contribution in [0.4, 0.5) is 0 Å². The Kier molecular flexibility index (Phi) is 5.61. The zero-order valence-corrected chi connectivity index (χ0v) is 17.4. The summed E-state index contributed by atoms with van der Waals surface area (Å²) in [4.78, 5) is 19.0. The van der Waals surface area contributed by atoms with Crippen LogP contribution in [0.2, 0.25) is 0 Å². The molecule has 0 saturated carbocycles. The number of carbonyl (C=O) groups is 1. The number of benzene rings is 1. The number of hydrogen-bond donors (Lipinski definition) is 1.